The Kier molecular flexibility index (Phi) is 6.03. The highest BCUT2D eigenvalue weighted by Gasteiger charge is 2.17. The zero-order chi connectivity index (χ0) is 12.0. The van der Waals surface area contributed by atoms with Gasteiger partial charge < -0.3 is 10.5 Å². The summed E-state index contributed by atoms with van der Waals surface area (Å²) in [4.78, 5) is 0. The molecule has 1 aromatic rings. The highest BCUT2D eigenvalue weighted by molar-refractivity contribution is 9.10. The smallest absolute Gasteiger partial charge is 0.0725 e. The minimum atomic E-state index is 0.0589. The summed E-state index contributed by atoms with van der Waals surface area (Å²) in [6.45, 7) is 2.15. The Morgan fingerprint density at radius 2 is 2.06 bits per heavy atom. The van der Waals surface area contributed by atoms with Gasteiger partial charge in [-0.1, -0.05) is 47.5 Å². The molecule has 0 radical (unpaired) electrons. The third-order valence-corrected chi connectivity index (χ3v) is 3.54. The monoisotopic (exact) mass is 285 g/mol. The Bertz CT molecular complexity index is 317. The van der Waals surface area contributed by atoms with Gasteiger partial charge in [-0.05, 0) is 24.5 Å². The van der Waals surface area contributed by atoms with Gasteiger partial charge in [0.1, 0.15) is 0 Å². The molecule has 0 aliphatic carbocycles. The minimum Gasteiger partial charge on any atom is -0.380 e. The van der Waals surface area contributed by atoms with Crippen LogP contribution in [-0.2, 0) is 11.2 Å². The van der Waals surface area contributed by atoms with Gasteiger partial charge in [0, 0.05) is 17.6 Å². The van der Waals surface area contributed by atoms with E-state index in [2.05, 4.69) is 28.9 Å². The van der Waals surface area contributed by atoms with Crippen LogP contribution in [0.15, 0.2) is 28.7 Å². The molecule has 0 aromatic heterocycles. The fourth-order valence-corrected chi connectivity index (χ4v) is 2.29. The third-order valence-electron chi connectivity index (χ3n) is 2.77. The molecule has 0 bridgehead atoms. The molecular formula is C13H20BrNO. The quantitative estimate of drug-likeness (QED) is 0.872. The number of ether oxygens (including phenoxy) is 1. The summed E-state index contributed by atoms with van der Waals surface area (Å²) in [6.07, 6.45) is 3.11. The SMILES string of the molecule is CCCC(OC)C(N)Cc1ccccc1Br. The molecule has 2 unspecified atom stereocenters. The van der Waals surface area contributed by atoms with E-state index in [-0.39, 0.29) is 12.1 Å². The molecule has 1 rings (SSSR count). The lowest BCUT2D eigenvalue weighted by atomic mass is 9.99. The lowest BCUT2D eigenvalue weighted by molar-refractivity contribution is 0.0726. The molecule has 2 atom stereocenters. The maximum atomic E-state index is 6.17. The largest absolute Gasteiger partial charge is 0.380 e. The van der Waals surface area contributed by atoms with Gasteiger partial charge in [0.05, 0.1) is 6.10 Å². The summed E-state index contributed by atoms with van der Waals surface area (Å²) >= 11 is 3.54. The summed E-state index contributed by atoms with van der Waals surface area (Å²) in [6, 6.07) is 8.25. The van der Waals surface area contributed by atoms with E-state index < -0.39 is 0 Å². The molecule has 0 saturated carbocycles. The van der Waals surface area contributed by atoms with E-state index in [1.54, 1.807) is 7.11 Å². The molecule has 1 aromatic carbocycles. The van der Waals surface area contributed by atoms with Gasteiger partial charge in [0.2, 0.25) is 0 Å². The topological polar surface area (TPSA) is 35.2 Å². The Morgan fingerprint density at radius 3 is 2.62 bits per heavy atom. The fraction of sp³-hybridized carbons (Fsp3) is 0.538. The van der Waals surface area contributed by atoms with Crippen LogP contribution >= 0.6 is 15.9 Å². The van der Waals surface area contributed by atoms with Gasteiger partial charge in [0.25, 0.3) is 0 Å². The van der Waals surface area contributed by atoms with Crippen molar-refractivity contribution in [3.63, 3.8) is 0 Å². The number of halogens is 1. The van der Waals surface area contributed by atoms with Crippen LogP contribution in [0.2, 0.25) is 0 Å². The average molecular weight is 286 g/mol. The maximum Gasteiger partial charge on any atom is 0.0725 e. The number of rotatable bonds is 6. The normalized spacial score (nSPS) is 14.8. The Labute approximate surface area is 106 Å². The van der Waals surface area contributed by atoms with Crippen LogP contribution in [0.25, 0.3) is 0 Å². The van der Waals surface area contributed by atoms with Crippen molar-refractivity contribution >= 4 is 15.9 Å². The van der Waals surface area contributed by atoms with Gasteiger partial charge >= 0.3 is 0 Å². The average Bonchev–Trinajstić information content (AvgIpc) is 2.29. The standard InChI is InChI=1S/C13H20BrNO/c1-3-6-13(16-2)12(15)9-10-7-4-5-8-11(10)14/h4-5,7-8,12-13H,3,6,9,15H2,1-2H3. The zero-order valence-corrected chi connectivity index (χ0v) is 11.5. The summed E-state index contributed by atoms with van der Waals surface area (Å²) in [7, 11) is 1.74. The molecule has 0 aliphatic heterocycles. The van der Waals surface area contributed by atoms with Crippen molar-refractivity contribution in [2.45, 2.75) is 38.3 Å². The second-order valence-corrected chi connectivity index (χ2v) is 4.88. The van der Waals surface area contributed by atoms with Gasteiger partial charge in [-0.25, -0.2) is 0 Å². The van der Waals surface area contributed by atoms with Crippen molar-refractivity contribution in [1.29, 1.82) is 0 Å². The second-order valence-electron chi connectivity index (χ2n) is 4.02. The van der Waals surface area contributed by atoms with E-state index in [1.165, 1.54) is 5.56 Å². The Balaban J connectivity index is 2.62. The molecule has 0 fully saturated rings. The minimum absolute atomic E-state index is 0.0589. The summed E-state index contributed by atoms with van der Waals surface area (Å²) < 4.78 is 6.55. The number of methoxy groups -OCH3 is 1. The summed E-state index contributed by atoms with van der Waals surface area (Å²) in [5.74, 6) is 0. The maximum absolute atomic E-state index is 6.17. The predicted molar refractivity (Wildman–Crippen MR) is 71.5 cm³/mol. The van der Waals surface area contributed by atoms with Crippen LogP contribution < -0.4 is 5.73 Å². The number of hydrogen-bond acceptors (Lipinski definition) is 2. The molecule has 2 nitrogen and oxygen atoms in total. The van der Waals surface area contributed by atoms with Crippen LogP contribution in [0.1, 0.15) is 25.3 Å². The van der Waals surface area contributed by atoms with Crippen molar-refractivity contribution in [2.24, 2.45) is 5.73 Å². The molecule has 90 valence electrons. The lowest BCUT2D eigenvalue weighted by Crippen LogP contribution is -2.38. The third kappa shape index (κ3) is 3.89. The summed E-state index contributed by atoms with van der Waals surface area (Å²) in [5, 5.41) is 0. The van der Waals surface area contributed by atoms with Gasteiger partial charge in [-0.15, -0.1) is 0 Å². The summed E-state index contributed by atoms with van der Waals surface area (Å²) in [5.41, 5.74) is 7.41. The predicted octanol–water partition coefficient (Wildman–Crippen LogP) is 3.13. The van der Waals surface area contributed by atoms with Crippen LogP contribution in [0.3, 0.4) is 0 Å². The van der Waals surface area contributed by atoms with E-state index in [1.807, 2.05) is 18.2 Å². The molecule has 0 aliphatic rings. The number of hydrogen-bond donors (Lipinski definition) is 1. The lowest BCUT2D eigenvalue weighted by Gasteiger charge is -2.22. The highest BCUT2D eigenvalue weighted by atomic mass is 79.9. The van der Waals surface area contributed by atoms with E-state index >= 15 is 0 Å². The first-order valence-corrected chi connectivity index (χ1v) is 6.50. The molecule has 2 N–H and O–H groups in total. The Hall–Kier alpha value is -0.380. The van der Waals surface area contributed by atoms with E-state index in [4.69, 9.17) is 10.5 Å². The van der Waals surface area contributed by atoms with Crippen LogP contribution in [0, 0.1) is 0 Å². The van der Waals surface area contributed by atoms with Crippen molar-refractivity contribution in [3.8, 4) is 0 Å². The van der Waals surface area contributed by atoms with Crippen molar-refractivity contribution in [1.82, 2.24) is 0 Å². The van der Waals surface area contributed by atoms with E-state index in [9.17, 15) is 0 Å². The van der Waals surface area contributed by atoms with Gasteiger partial charge in [-0.3, -0.25) is 0 Å². The first-order chi connectivity index (χ1) is 7.69. The molecule has 0 spiro atoms. The molecule has 3 heteroatoms. The van der Waals surface area contributed by atoms with Crippen molar-refractivity contribution < 1.29 is 4.74 Å². The highest BCUT2D eigenvalue weighted by Crippen LogP contribution is 2.19. The van der Waals surface area contributed by atoms with E-state index in [0.29, 0.717) is 0 Å². The first kappa shape index (κ1) is 13.7. The zero-order valence-electron chi connectivity index (χ0n) is 9.95. The first-order valence-electron chi connectivity index (χ1n) is 5.70. The Morgan fingerprint density at radius 1 is 1.38 bits per heavy atom. The van der Waals surface area contributed by atoms with Crippen molar-refractivity contribution in [3.05, 3.63) is 34.3 Å². The molecule has 16 heavy (non-hydrogen) atoms. The molecule has 0 amide bonds. The fourth-order valence-electron chi connectivity index (χ4n) is 1.84. The molecule has 0 heterocycles. The van der Waals surface area contributed by atoms with E-state index in [0.717, 1.165) is 23.7 Å². The number of benzene rings is 1. The van der Waals surface area contributed by atoms with Crippen LogP contribution in [0.5, 0.6) is 0 Å². The number of nitrogens with two attached hydrogens (primary N) is 1. The molecular weight excluding hydrogens is 266 g/mol. The van der Waals surface area contributed by atoms with Crippen molar-refractivity contribution in [2.75, 3.05) is 7.11 Å². The van der Waals surface area contributed by atoms with Gasteiger partial charge in [-0.2, -0.15) is 0 Å². The van der Waals surface area contributed by atoms with Crippen LogP contribution in [0.4, 0.5) is 0 Å². The molecule has 0 saturated heterocycles. The second kappa shape index (κ2) is 7.05. The van der Waals surface area contributed by atoms with Crippen LogP contribution in [-0.4, -0.2) is 19.3 Å². The van der Waals surface area contributed by atoms with Gasteiger partial charge in [0.15, 0.2) is 0 Å².